The van der Waals surface area contributed by atoms with Crippen molar-refractivity contribution in [2.24, 2.45) is 10.9 Å². The van der Waals surface area contributed by atoms with Gasteiger partial charge < -0.3 is 15.5 Å². The van der Waals surface area contributed by atoms with Crippen molar-refractivity contribution in [2.45, 2.75) is 37.6 Å². The van der Waals surface area contributed by atoms with Crippen molar-refractivity contribution >= 4 is 21.7 Å². The number of nitrogens with one attached hydrogen (secondary N) is 2. The minimum Gasteiger partial charge on any atom is -0.356 e. The number of likely N-dealkylation sites (tertiary alicyclic amines) is 1. The Morgan fingerprint density at radius 1 is 1.30 bits per heavy atom. The van der Waals surface area contributed by atoms with Gasteiger partial charge in [-0.3, -0.25) is 9.79 Å². The van der Waals surface area contributed by atoms with Crippen LogP contribution in [-0.4, -0.2) is 64.2 Å². The first-order chi connectivity index (χ1) is 12.7. The molecule has 1 unspecified atom stereocenters. The summed E-state index contributed by atoms with van der Waals surface area (Å²) in [6.45, 7) is 6.00. The fraction of sp³-hybridized carbons (Fsp3) is 0.579. The third kappa shape index (κ3) is 6.23. The van der Waals surface area contributed by atoms with E-state index in [4.69, 9.17) is 0 Å². The van der Waals surface area contributed by atoms with Crippen LogP contribution in [0, 0.1) is 5.92 Å². The molecule has 0 saturated carbocycles. The first-order valence-corrected chi connectivity index (χ1v) is 11.1. The van der Waals surface area contributed by atoms with Crippen molar-refractivity contribution < 1.29 is 13.2 Å². The number of hydrogen-bond donors (Lipinski definition) is 2. The Morgan fingerprint density at radius 3 is 2.52 bits per heavy atom. The second kappa shape index (κ2) is 9.21. The molecule has 1 heterocycles. The lowest BCUT2D eigenvalue weighted by Gasteiger charge is -2.20. The highest BCUT2D eigenvalue weighted by Crippen LogP contribution is 2.13. The number of nitrogens with zero attached hydrogens (tertiary/aromatic N) is 2. The van der Waals surface area contributed by atoms with Crippen LogP contribution in [0.2, 0.25) is 0 Å². The minimum absolute atomic E-state index is 0.0234. The molecular formula is C19H30N4O3S. The number of sulfone groups is 1. The lowest BCUT2D eigenvalue weighted by atomic mass is 10.1. The molecule has 1 atom stereocenters. The van der Waals surface area contributed by atoms with Gasteiger partial charge >= 0.3 is 0 Å². The number of benzene rings is 1. The maximum atomic E-state index is 12.1. The molecule has 1 aliphatic rings. The molecule has 8 heteroatoms. The Bertz CT molecular complexity index is 773. The van der Waals surface area contributed by atoms with Gasteiger partial charge in [-0.15, -0.1) is 0 Å². The predicted octanol–water partition coefficient (Wildman–Crippen LogP) is 1.05. The van der Waals surface area contributed by atoms with Crippen LogP contribution < -0.4 is 10.6 Å². The summed E-state index contributed by atoms with van der Waals surface area (Å²) < 4.78 is 23.0. The van der Waals surface area contributed by atoms with Gasteiger partial charge in [0.1, 0.15) is 0 Å². The van der Waals surface area contributed by atoms with Crippen molar-refractivity contribution in [3.05, 3.63) is 29.8 Å². The average Bonchev–Trinajstić information content (AvgIpc) is 3.08. The Hall–Kier alpha value is -2.09. The van der Waals surface area contributed by atoms with Gasteiger partial charge in [-0.2, -0.15) is 0 Å². The summed E-state index contributed by atoms with van der Waals surface area (Å²) in [6.07, 6.45) is 2.87. The molecule has 0 radical (unpaired) electrons. The van der Waals surface area contributed by atoms with Crippen molar-refractivity contribution in [3.63, 3.8) is 0 Å². The molecule has 1 aliphatic heterocycles. The molecule has 7 nitrogen and oxygen atoms in total. The third-order valence-electron chi connectivity index (χ3n) is 4.62. The molecule has 0 bridgehead atoms. The number of aliphatic imine (C=N–C) groups is 1. The van der Waals surface area contributed by atoms with Gasteiger partial charge in [0, 0.05) is 44.9 Å². The first kappa shape index (κ1) is 21.2. The van der Waals surface area contributed by atoms with Crippen molar-refractivity contribution in [2.75, 3.05) is 32.9 Å². The van der Waals surface area contributed by atoms with Crippen LogP contribution in [0.5, 0.6) is 0 Å². The van der Waals surface area contributed by atoms with E-state index in [0.29, 0.717) is 23.9 Å². The summed E-state index contributed by atoms with van der Waals surface area (Å²) in [6, 6.07) is 7.14. The topological polar surface area (TPSA) is 90.9 Å². The van der Waals surface area contributed by atoms with Crippen LogP contribution in [-0.2, 0) is 21.1 Å². The average molecular weight is 395 g/mol. The zero-order valence-electron chi connectivity index (χ0n) is 16.5. The Kier molecular flexibility index (Phi) is 7.24. The van der Waals surface area contributed by atoms with E-state index in [9.17, 15) is 13.2 Å². The van der Waals surface area contributed by atoms with Crippen LogP contribution in [0.15, 0.2) is 34.2 Å². The normalized spacial score (nSPS) is 18.0. The van der Waals surface area contributed by atoms with E-state index in [1.54, 1.807) is 19.2 Å². The molecule has 1 amide bonds. The number of guanidine groups is 1. The molecule has 1 aromatic carbocycles. The summed E-state index contributed by atoms with van der Waals surface area (Å²) in [7, 11) is -1.44. The van der Waals surface area contributed by atoms with Crippen molar-refractivity contribution in [1.82, 2.24) is 15.5 Å². The highest BCUT2D eigenvalue weighted by molar-refractivity contribution is 7.90. The Balaban J connectivity index is 1.79. The lowest BCUT2D eigenvalue weighted by Crippen LogP contribution is -2.45. The van der Waals surface area contributed by atoms with Gasteiger partial charge in [-0.25, -0.2) is 8.42 Å². The maximum Gasteiger partial charge on any atom is 0.225 e. The maximum absolute atomic E-state index is 12.1. The molecule has 27 heavy (non-hydrogen) atoms. The van der Waals surface area contributed by atoms with Gasteiger partial charge in [0.15, 0.2) is 15.8 Å². The molecule has 1 aromatic rings. The number of hydrogen-bond acceptors (Lipinski definition) is 4. The van der Waals surface area contributed by atoms with Gasteiger partial charge in [-0.1, -0.05) is 26.0 Å². The largest absolute Gasteiger partial charge is 0.356 e. The monoisotopic (exact) mass is 394 g/mol. The highest BCUT2D eigenvalue weighted by Gasteiger charge is 2.27. The third-order valence-corrected chi connectivity index (χ3v) is 5.74. The first-order valence-electron chi connectivity index (χ1n) is 9.25. The zero-order chi connectivity index (χ0) is 20.0. The van der Waals surface area contributed by atoms with Gasteiger partial charge in [-0.05, 0) is 30.5 Å². The highest BCUT2D eigenvalue weighted by atomic mass is 32.2. The van der Waals surface area contributed by atoms with E-state index in [2.05, 4.69) is 15.6 Å². The molecule has 2 N–H and O–H groups in total. The molecule has 0 aliphatic carbocycles. The molecule has 0 spiro atoms. The Morgan fingerprint density at radius 2 is 1.96 bits per heavy atom. The SMILES string of the molecule is CN=C(NCCc1ccc(S(C)(=O)=O)cc1)NC1CCN(C(=O)C(C)C)C1. The minimum atomic E-state index is -3.16. The van der Waals surface area contributed by atoms with Gasteiger partial charge in [0.25, 0.3) is 0 Å². The second-order valence-corrected chi connectivity index (χ2v) is 9.25. The predicted molar refractivity (Wildman–Crippen MR) is 108 cm³/mol. The van der Waals surface area contributed by atoms with Gasteiger partial charge in [0.2, 0.25) is 5.91 Å². The second-order valence-electron chi connectivity index (χ2n) is 7.23. The number of rotatable bonds is 6. The zero-order valence-corrected chi connectivity index (χ0v) is 17.3. The summed E-state index contributed by atoms with van der Waals surface area (Å²) in [4.78, 5) is 18.6. The molecule has 150 valence electrons. The van der Waals surface area contributed by atoms with Crippen LogP contribution in [0.3, 0.4) is 0 Å². The Labute approximate surface area is 162 Å². The number of amides is 1. The van der Waals surface area contributed by atoms with E-state index in [0.717, 1.165) is 24.9 Å². The fourth-order valence-electron chi connectivity index (χ4n) is 3.06. The van der Waals surface area contributed by atoms with E-state index < -0.39 is 9.84 Å². The van der Waals surface area contributed by atoms with E-state index in [1.165, 1.54) is 6.26 Å². The summed E-state index contributed by atoms with van der Waals surface area (Å²) >= 11 is 0. The van der Waals surface area contributed by atoms with Crippen LogP contribution in [0.25, 0.3) is 0 Å². The summed E-state index contributed by atoms with van der Waals surface area (Å²) in [5.41, 5.74) is 1.06. The summed E-state index contributed by atoms with van der Waals surface area (Å²) in [5.74, 6) is 0.932. The summed E-state index contributed by atoms with van der Waals surface area (Å²) in [5, 5.41) is 6.64. The number of carbonyl (C=O) groups excluding carboxylic acids is 1. The lowest BCUT2D eigenvalue weighted by molar-refractivity contribution is -0.133. The smallest absolute Gasteiger partial charge is 0.225 e. The molecule has 1 fully saturated rings. The van der Waals surface area contributed by atoms with E-state index in [-0.39, 0.29) is 17.9 Å². The van der Waals surface area contributed by atoms with Gasteiger partial charge in [0.05, 0.1) is 4.90 Å². The molecule has 0 aromatic heterocycles. The van der Waals surface area contributed by atoms with Crippen LogP contribution in [0.4, 0.5) is 0 Å². The van der Waals surface area contributed by atoms with Crippen LogP contribution in [0.1, 0.15) is 25.8 Å². The van der Waals surface area contributed by atoms with Crippen molar-refractivity contribution in [3.8, 4) is 0 Å². The quantitative estimate of drug-likeness (QED) is 0.556. The molecule has 2 rings (SSSR count). The molecular weight excluding hydrogens is 364 g/mol. The molecule has 1 saturated heterocycles. The standard InChI is InChI=1S/C19H30N4O3S/c1-14(2)18(24)23-12-10-16(13-23)22-19(20-3)21-11-9-15-5-7-17(8-6-15)27(4,25)26/h5-8,14,16H,9-13H2,1-4H3,(H2,20,21,22). The number of carbonyl (C=O) groups is 1. The van der Waals surface area contributed by atoms with E-state index in [1.807, 2.05) is 30.9 Å². The van der Waals surface area contributed by atoms with E-state index >= 15 is 0 Å². The van der Waals surface area contributed by atoms with Crippen molar-refractivity contribution in [1.29, 1.82) is 0 Å². The fourth-order valence-corrected chi connectivity index (χ4v) is 3.69. The van der Waals surface area contributed by atoms with Crippen LogP contribution >= 0.6 is 0 Å².